The maximum atomic E-state index is 12.1. The monoisotopic (exact) mass is 296 g/mol. The van der Waals surface area contributed by atoms with Gasteiger partial charge in [0.05, 0.1) is 10.9 Å². The molecule has 22 heavy (non-hydrogen) atoms. The second-order valence-electron chi connectivity index (χ2n) is 5.60. The van der Waals surface area contributed by atoms with Crippen molar-refractivity contribution < 1.29 is 19.4 Å². The van der Waals surface area contributed by atoms with Crippen LogP contribution in [-0.2, 0) is 6.42 Å². The smallest absolute Gasteiger partial charge is 0.196 e. The van der Waals surface area contributed by atoms with Gasteiger partial charge in [0.25, 0.3) is 0 Å². The van der Waals surface area contributed by atoms with Crippen LogP contribution in [0.3, 0.4) is 0 Å². The van der Waals surface area contributed by atoms with Gasteiger partial charge in [-0.3, -0.25) is 9.59 Å². The lowest BCUT2D eigenvalue weighted by Crippen LogP contribution is -2.02. The van der Waals surface area contributed by atoms with Crippen LogP contribution in [0.2, 0.25) is 0 Å². The topological polar surface area (TPSA) is 87.7 Å². The van der Waals surface area contributed by atoms with E-state index in [1.54, 1.807) is 13.0 Å². The van der Waals surface area contributed by atoms with E-state index in [0.717, 1.165) is 5.56 Å². The Morgan fingerprint density at radius 1 is 1.05 bits per heavy atom. The number of carbonyl (C=O) groups is 1. The van der Waals surface area contributed by atoms with E-state index >= 15 is 0 Å². The Morgan fingerprint density at radius 3 is 2.59 bits per heavy atom. The molecule has 110 valence electrons. The van der Waals surface area contributed by atoms with Crippen LogP contribution in [-0.4, -0.2) is 16.0 Å². The molecule has 1 heterocycles. The lowest BCUT2D eigenvalue weighted by atomic mass is 9.98. The number of ketones is 1. The minimum absolute atomic E-state index is 0.0128. The Morgan fingerprint density at radius 2 is 1.82 bits per heavy atom. The zero-order valence-corrected chi connectivity index (χ0v) is 11.8. The summed E-state index contributed by atoms with van der Waals surface area (Å²) in [5, 5.41) is 21.5. The van der Waals surface area contributed by atoms with Crippen molar-refractivity contribution in [2.45, 2.75) is 19.8 Å². The predicted octanol–water partition coefficient (Wildman–Crippen LogP) is 2.79. The summed E-state index contributed by atoms with van der Waals surface area (Å²) in [5.41, 5.74) is 0.775. The highest BCUT2D eigenvalue weighted by Gasteiger charge is 2.27. The fraction of sp³-hybridized carbons (Fsp3) is 0.176. The molecule has 0 aliphatic heterocycles. The van der Waals surface area contributed by atoms with Gasteiger partial charge in [-0.2, -0.15) is 0 Å². The van der Waals surface area contributed by atoms with Gasteiger partial charge in [-0.25, -0.2) is 0 Å². The first-order chi connectivity index (χ1) is 10.5. The number of Topliss-reactive ketones (excluding diaryl/α,β-unsaturated/α-hetero) is 1. The minimum Gasteiger partial charge on any atom is -0.507 e. The second-order valence-corrected chi connectivity index (χ2v) is 5.60. The van der Waals surface area contributed by atoms with Crippen LogP contribution < -0.4 is 5.43 Å². The molecule has 0 saturated carbocycles. The molecule has 0 spiro atoms. The van der Waals surface area contributed by atoms with Crippen LogP contribution in [0.25, 0.3) is 21.7 Å². The van der Waals surface area contributed by atoms with E-state index in [1.165, 1.54) is 12.1 Å². The molecule has 2 N–H and O–H groups in total. The maximum absolute atomic E-state index is 12.1. The zero-order chi connectivity index (χ0) is 15.6. The lowest BCUT2D eigenvalue weighted by molar-refractivity contribution is 0.0992. The summed E-state index contributed by atoms with van der Waals surface area (Å²) < 4.78 is 5.58. The number of phenolic OH excluding ortho intramolecular Hbond substituents is 2. The second kappa shape index (κ2) is 4.10. The third-order valence-corrected chi connectivity index (χ3v) is 4.16. The fourth-order valence-corrected chi connectivity index (χ4v) is 3.23. The molecule has 0 fully saturated rings. The van der Waals surface area contributed by atoms with Crippen molar-refractivity contribution in [3.8, 4) is 11.5 Å². The van der Waals surface area contributed by atoms with E-state index in [4.69, 9.17) is 4.42 Å². The standard InChI is InChI=1S/C17H12O5/c1-7-4-11(19)15-12(20)6-9-5-8-2-3-10(18)13(8)16(21)14(9)17(15)22-7/h4-6,20-21H,2-3H2,1H3. The summed E-state index contributed by atoms with van der Waals surface area (Å²) in [6.07, 6.45) is 0.917. The van der Waals surface area contributed by atoms with E-state index < -0.39 is 0 Å². The molecule has 1 aliphatic carbocycles. The first kappa shape index (κ1) is 12.9. The number of phenols is 2. The molecule has 5 heteroatoms. The molecule has 0 bridgehead atoms. The van der Waals surface area contributed by atoms with Crippen molar-refractivity contribution in [1.29, 1.82) is 0 Å². The fourth-order valence-electron chi connectivity index (χ4n) is 3.23. The predicted molar refractivity (Wildman–Crippen MR) is 80.7 cm³/mol. The summed E-state index contributed by atoms with van der Waals surface area (Å²) in [6.45, 7) is 1.62. The molecule has 0 amide bonds. The molecule has 1 aliphatic rings. The summed E-state index contributed by atoms with van der Waals surface area (Å²) in [4.78, 5) is 24.1. The van der Waals surface area contributed by atoms with Gasteiger partial charge in [0.2, 0.25) is 0 Å². The first-order valence-corrected chi connectivity index (χ1v) is 6.95. The van der Waals surface area contributed by atoms with E-state index in [9.17, 15) is 19.8 Å². The van der Waals surface area contributed by atoms with E-state index in [0.29, 0.717) is 34.9 Å². The van der Waals surface area contributed by atoms with E-state index in [1.807, 2.05) is 0 Å². The van der Waals surface area contributed by atoms with Crippen LogP contribution in [0.1, 0.15) is 28.1 Å². The summed E-state index contributed by atoms with van der Waals surface area (Å²) in [5.74, 6) is -0.116. The molecule has 0 radical (unpaired) electrons. The largest absolute Gasteiger partial charge is 0.507 e. The highest BCUT2D eigenvalue weighted by atomic mass is 16.3. The van der Waals surface area contributed by atoms with Crippen molar-refractivity contribution in [2.75, 3.05) is 0 Å². The molecule has 2 aromatic carbocycles. The van der Waals surface area contributed by atoms with Gasteiger partial charge in [-0.1, -0.05) is 0 Å². The van der Waals surface area contributed by atoms with Gasteiger partial charge in [0.15, 0.2) is 16.8 Å². The Bertz CT molecular complexity index is 1040. The average Bonchev–Trinajstić information content (AvgIpc) is 2.79. The van der Waals surface area contributed by atoms with E-state index in [2.05, 4.69) is 0 Å². The minimum atomic E-state index is -0.385. The quantitative estimate of drug-likeness (QED) is 0.623. The van der Waals surface area contributed by atoms with Crippen LogP contribution in [0, 0.1) is 6.92 Å². The van der Waals surface area contributed by atoms with Crippen molar-refractivity contribution in [3.05, 3.63) is 45.3 Å². The molecule has 5 nitrogen and oxygen atoms in total. The highest BCUT2D eigenvalue weighted by Crippen LogP contribution is 2.42. The number of carbonyl (C=O) groups excluding carboxylic acids is 1. The maximum Gasteiger partial charge on any atom is 0.196 e. The van der Waals surface area contributed by atoms with Crippen molar-refractivity contribution in [3.63, 3.8) is 0 Å². The molecular weight excluding hydrogens is 284 g/mol. The molecule has 0 unspecified atom stereocenters. The number of hydrogen-bond acceptors (Lipinski definition) is 5. The number of aryl methyl sites for hydroxylation is 2. The average molecular weight is 296 g/mol. The first-order valence-electron chi connectivity index (χ1n) is 6.95. The SMILES string of the molecule is Cc1cc(=O)c2c(O)cc3cc4c(c(O)c3c2o1)C(=O)CC4. The molecule has 0 atom stereocenters. The highest BCUT2D eigenvalue weighted by molar-refractivity contribution is 6.15. The van der Waals surface area contributed by atoms with Gasteiger partial charge in [-0.05, 0) is 36.4 Å². The normalized spacial score (nSPS) is 14.0. The third kappa shape index (κ3) is 1.53. The van der Waals surface area contributed by atoms with Gasteiger partial charge < -0.3 is 14.6 Å². The van der Waals surface area contributed by atoms with Gasteiger partial charge in [0, 0.05) is 12.5 Å². The third-order valence-electron chi connectivity index (χ3n) is 4.16. The molecular formula is C17H12O5. The Balaban J connectivity index is 2.32. The summed E-state index contributed by atoms with van der Waals surface area (Å²) >= 11 is 0. The van der Waals surface area contributed by atoms with Gasteiger partial charge >= 0.3 is 0 Å². The van der Waals surface area contributed by atoms with Crippen LogP contribution in [0.15, 0.2) is 27.4 Å². The van der Waals surface area contributed by atoms with Crippen LogP contribution in [0.4, 0.5) is 0 Å². The molecule has 0 saturated heterocycles. The van der Waals surface area contributed by atoms with Crippen molar-refractivity contribution >= 4 is 27.5 Å². The Kier molecular flexibility index (Phi) is 2.40. The zero-order valence-electron chi connectivity index (χ0n) is 11.8. The van der Waals surface area contributed by atoms with Crippen LogP contribution >= 0.6 is 0 Å². The molecule has 1 aromatic heterocycles. The van der Waals surface area contributed by atoms with Crippen molar-refractivity contribution in [2.24, 2.45) is 0 Å². The Hall–Kier alpha value is -2.82. The van der Waals surface area contributed by atoms with Gasteiger partial charge in [0.1, 0.15) is 22.6 Å². The van der Waals surface area contributed by atoms with Crippen molar-refractivity contribution in [1.82, 2.24) is 0 Å². The molecule has 4 rings (SSSR count). The number of benzene rings is 2. The van der Waals surface area contributed by atoms with Crippen LogP contribution in [0.5, 0.6) is 11.5 Å². The van der Waals surface area contributed by atoms with Gasteiger partial charge in [-0.15, -0.1) is 0 Å². The lowest BCUT2D eigenvalue weighted by Gasteiger charge is -2.10. The Labute approximate surface area is 124 Å². The number of rotatable bonds is 0. The van der Waals surface area contributed by atoms with E-state index in [-0.39, 0.29) is 33.7 Å². The number of hydrogen-bond donors (Lipinski definition) is 2. The summed E-state index contributed by atoms with van der Waals surface area (Å²) in [6, 6.07) is 4.47. The number of aromatic hydroxyl groups is 2. The molecule has 3 aromatic rings. The number of fused-ring (bicyclic) bond motifs is 4. The summed E-state index contributed by atoms with van der Waals surface area (Å²) in [7, 11) is 0.